The van der Waals surface area contributed by atoms with Crippen molar-refractivity contribution >= 4 is 17.6 Å². The molecule has 0 N–H and O–H groups in total. The van der Waals surface area contributed by atoms with Crippen LogP contribution in [0.15, 0.2) is 66.0 Å². The van der Waals surface area contributed by atoms with E-state index in [0.717, 1.165) is 33.6 Å². The highest BCUT2D eigenvalue weighted by atomic mass is 32.1. The van der Waals surface area contributed by atoms with Gasteiger partial charge in [-0.2, -0.15) is 0 Å². The van der Waals surface area contributed by atoms with Crippen LogP contribution in [0.2, 0.25) is 0 Å². The molecule has 2 nitrogen and oxygen atoms in total. The van der Waals surface area contributed by atoms with Gasteiger partial charge in [0, 0.05) is 0 Å². The highest BCUT2D eigenvalue weighted by Crippen LogP contribution is 2.28. The van der Waals surface area contributed by atoms with E-state index in [9.17, 15) is 4.79 Å². The minimum absolute atomic E-state index is 0.549. The van der Waals surface area contributed by atoms with E-state index < -0.39 is 0 Å². The van der Waals surface area contributed by atoms with Crippen molar-refractivity contribution in [3.05, 3.63) is 76.5 Å². The normalized spacial score (nSPS) is 10.3. The zero-order chi connectivity index (χ0) is 14.5. The van der Waals surface area contributed by atoms with E-state index >= 15 is 0 Å². The first-order valence-corrected chi connectivity index (χ1v) is 7.54. The number of ether oxygens (including phenoxy) is 1. The quantitative estimate of drug-likeness (QED) is 0.631. The van der Waals surface area contributed by atoms with Gasteiger partial charge in [-0.05, 0) is 40.3 Å². The highest BCUT2D eigenvalue weighted by Gasteiger charge is 2.04. The monoisotopic (exact) mass is 294 g/mol. The van der Waals surface area contributed by atoms with Gasteiger partial charge in [0.1, 0.15) is 12.4 Å². The van der Waals surface area contributed by atoms with Crippen LogP contribution < -0.4 is 4.74 Å². The van der Waals surface area contributed by atoms with Gasteiger partial charge >= 0.3 is 0 Å². The summed E-state index contributed by atoms with van der Waals surface area (Å²) in [5.74, 6) is 0.829. The Morgan fingerprint density at radius 1 is 0.952 bits per heavy atom. The van der Waals surface area contributed by atoms with E-state index in [-0.39, 0.29) is 0 Å². The highest BCUT2D eigenvalue weighted by molar-refractivity contribution is 7.12. The van der Waals surface area contributed by atoms with Crippen molar-refractivity contribution in [2.75, 3.05) is 0 Å². The number of carbonyl (C=O) groups excluding carboxylic acids is 1. The van der Waals surface area contributed by atoms with Crippen LogP contribution in [0, 0.1) is 0 Å². The van der Waals surface area contributed by atoms with E-state index in [1.165, 1.54) is 11.3 Å². The lowest BCUT2D eigenvalue weighted by Crippen LogP contribution is -1.94. The summed E-state index contributed by atoms with van der Waals surface area (Å²) in [6.07, 6.45) is 0.879. The fourth-order valence-electron chi connectivity index (χ4n) is 2.07. The smallest absolute Gasteiger partial charge is 0.160 e. The third kappa shape index (κ3) is 3.38. The van der Waals surface area contributed by atoms with Crippen LogP contribution in [-0.2, 0) is 6.61 Å². The molecule has 1 heterocycles. The maximum Gasteiger partial charge on any atom is 0.160 e. The summed E-state index contributed by atoms with van der Waals surface area (Å²) in [7, 11) is 0. The van der Waals surface area contributed by atoms with Crippen LogP contribution in [0.5, 0.6) is 5.75 Å². The maximum absolute atomic E-state index is 10.8. The summed E-state index contributed by atoms with van der Waals surface area (Å²) in [5.41, 5.74) is 3.25. The van der Waals surface area contributed by atoms with Crippen molar-refractivity contribution in [1.29, 1.82) is 0 Å². The molecule has 0 spiro atoms. The van der Waals surface area contributed by atoms with E-state index in [0.29, 0.717) is 6.61 Å². The van der Waals surface area contributed by atoms with Crippen molar-refractivity contribution in [2.45, 2.75) is 6.61 Å². The molecule has 0 aliphatic carbocycles. The molecule has 1 aromatic heterocycles. The lowest BCUT2D eigenvalue weighted by Gasteiger charge is -2.07. The van der Waals surface area contributed by atoms with E-state index in [4.69, 9.17) is 4.74 Å². The molecule has 104 valence electrons. The standard InChI is InChI=1S/C18H14O2S/c19-11-18-10-16(13-21-18)15-7-4-8-17(9-15)20-12-14-5-2-1-3-6-14/h1-11,13H,12H2. The van der Waals surface area contributed by atoms with Gasteiger partial charge in [0.15, 0.2) is 6.29 Å². The molecule has 0 aliphatic rings. The minimum Gasteiger partial charge on any atom is -0.489 e. The predicted molar refractivity (Wildman–Crippen MR) is 85.9 cm³/mol. The molecule has 0 aliphatic heterocycles. The first-order valence-electron chi connectivity index (χ1n) is 6.66. The third-order valence-corrected chi connectivity index (χ3v) is 4.01. The first kappa shape index (κ1) is 13.6. The average Bonchev–Trinajstić information content (AvgIpc) is 3.03. The zero-order valence-electron chi connectivity index (χ0n) is 11.4. The van der Waals surface area contributed by atoms with Crippen molar-refractivity contribution < 1.29 is 9.53 Å². The van der Waals surface area contributed by atoms with Gasteiger partial charge in [-0.3, -0.25) is 4.79 Å². The fraction of sp³-hybridized carbons (Fsp3) is 0.0556. The molecule has 0 fully saturated rings. The maximum atomic E-state index is 10.8. The molecule has 0 saturated carbocycles. The molecule has 2 aromatic carbocycles. The number of hydrogen-bond donors (Lipinski definition) is 0. The second-order valence-electron chi connectivity index (χ2n) is 4.66. The molecular formula is C18H14O2S. The van der Waals surface area contributed by atoms with Crippen molar-refractivity contribution in [2.24, 2.45) is 0 Å². The summed E-state index contributed by atoms with van der Waals surface area (Å²) < 4.78 is 5.82. The van der Waals surface area contributed by atoms with Crippen LogP contribution in [-0.4, -0.2) is 6.29 Å². The lowest BCUT2D eigenvalue weighted by atomic mass is 10.1. The number of benzene rings is 2. The molecule has 21 heavy (non-hydrogen) atoms. The molecule has 0 bridgehead atoms. The lowest BCUT2D eigenvalue weighted by molar-refractivity contribution is 0.112. The van der Waals surface area contributed by atoms with Gasteiger partial charge in [-0.25, -0.2) is 0 Å². The van der Waals surface area contributed by atoms with Gasteiger partial charge in [-0.1, -0.05) is 42.5 Å². The van der Waals surface area contributed by atoms with Crippen LogP contribution in [0.3, 0.4) is 0 Å². The molecular weight excluding hydrogens is 280 g/mol. The summed E-state index contributed by atoms with van der Waals surface area (Å²) in [6.45, 7) is 0.549. The Bertz CT molecular complexity index is 732. The second kappa shape index (κ2) is 6.37. The van der Waals surface area contributed by atoms with Crippen molar-refractivity contribution in [3.8, 4) is 16.9 Å². The first-order chi connectivity index (χ1) is 10.3. The number of aldehydes is 1. The topological polar surface area (TPSA) is 26.3 Å². The van der Waals surface area contributed by atoms with E-state index in [1.807, 2.05) is 66.0 Å². The van der Waals surface area contributed by atoms with Gasteiger partial charge < -0.3 is 4.74 Å². The van der Waals surface area contributed by atoms with Gasteiger partial charge in [0.05, 0.1) is 4.88 Å². The van der Waals surface area contributed by atoms with E-state index in [2.05, 4.69) is 0 Å². The molecule has 0 saturated heterocycles. The predicted octanol–water partition coefficient (Wildman–Crippen LogP) is 4.81. The van der Waals surface area contributed by atoms with Crippen LogP contribution in [0.1, 0.15) is 15.2 Å². The van der Waals surface area contributed by atoms with Crippen molar-refractivity contribution in [3.63, 3.8) is 0 Å². The Morgan fingerprint density at radius 3 is 2.57 bits per heavy atom. The molecule has 0 radical (unpaired) electrons. The Morgan fingerprint density at radius 2 is 1.81 bits per heavy atom. The van der Waals surface area contributed by atoms with Crippen molar-refractivity contribution in [1.82, 2.24) is 0 Å². The number of carbonyl (C=O) groups is 1. The number of thiophene rings is 1. The number of rotatable bonds is 5. The molecule has 0 amide bonds. The van der Waals surface area contributed by atoms with Crippen LogP contribution in [0.25, 0.3) is 11.1 Å². The molecule has 0 unspecified atom stereocenters. The summed E-state index contributed by atoms with van der Waals surface area (Å²) in [4.78, 5) is 11.5. The Hall–Kier alpha value is -2.39. The van der Waals surface area contributed by atoms with Gasteiger partial charge in [0.2, 0.25) is 0 Å². The summed E-state index contributed by atoms with van der Waals surface area (Å²) in [6, 6.07) is 19.9. The second-order valence-corrected chi connectivity index (χ2v) is 5.60. The van der Waals surface area contributed by atoms with Gasteiger partial charge in [0.25, 0.3) is 0 Å². The third-order valence-electron chi connectivity index (χ3n) is 3.15. The average molecular weight is 294 g/mol. The molecule has 0 atom stereocenters. The largest absolute Gasteiger partial charge is 0.489 e. The summed E-state index contributed by atoms with van der Waals surface area (Å²) >= 11 is 1.45. The summed E-state index contributed by atoms with van der Waals surface area (Å²) in [5, 5.41) is 1.99. The molecule has 3 aromatic rings. The van der Waals surface area contributed by atoms with Gasteiger partial charge in [-0.15, -0.1) is 11.3 Å². The SMILES string of the molecule is O=Cc1cc(-c2cccc(OCc3ccccc3)c2)cs1. The number of hydrogen-bond acceptors (Lipinski definition) is 3. The van der Waals surface area contributed by atoms with Crippen LogP contribution in [0.4, 0.5) is 0 Å². The minimum atomic E-state index is 0.549. The zero-order valence-corrected chi connectivity index (χ0v) is 12.2. The fourth-order valence-corrected chi connectivity index (χ4v) is 2.79. The molecule has 3 rings (SSSR count). The Kier molecular flexibility index (Phi) is 4.12. The Balaban J connectivity index is 1.75. The molecule has 3 heteroatoms. The van der Waals surface area contributed by atoms with Crippen LogP contribution >= 0.6 is 11.3 Å². The van der Waals surface area contributed by atoms with E-state index in [1.54, 1.807) is 0 Å². The Labute approximate surface area is 127 Å².